The summed E-state index contributed by atoms with van der Waals surface area (Å²) >= 11 is 0. The van der Waals surface area contributed by atoms with Crippen molar-refractivity contribution < 1.29 is 9.47 Å². The van der Waals surface area contributed by atoms with E-state index in [1.165, 1.54) is 12.8 Å². The zero-order valence-electron chi connectivity index (χ0n) is 14.1. The molecule has 1 aromatic carbocycles. The van der Waals surface area contributed by atoms with Gasteiger partial charge in [-0.25, -0.2) is 0 Å². The zero-order chi connectivity index (χ0) is 15.7. The van der Waals surface area contributed by atoms with Crippen molar-refractivity contribution in [3.63, 3.8) is 0 Å². The Morgan fingerprint density at radius 1 is 1.14 bits per heavy atom. The first kappa shape index (κ1) is 17.8. The van der Waals surface area contributed by atoms with Gasteiger partial charge in [-0.2, -0.15) is 0 Å². The van der Waals surface area contributed by atoms with Gasteiger partial charge in [0.15, 0.2) is 0 Å². The van der Waals surface area contributed by atoms with Gasteiger partial charge in [0.05, 0.1) is 14.2 Å². The number of hydrogen-bond donors (Lipinski definition) is 1. The minimum absolute atomic E-state index is 0.624. The van der Waals surface area contributed by atoms with Crippen LogP contribution >= 0.6 is 0 Å². The second-order valence-corrected chi connectivity index (χ2v) is 5.64. The van der Waals surface area contributed by atoms with E-state index in [9.17, 15) is 0 Å². The van der Waals surface area contributed by atoms with E-state index in [-0.39, 0.29) is 0 Å². The van der Waals surface area contributed by atoms with Crippen LogP contribution in [0, 0.1) is 0 Å². The SMILES string of the molecule is COc1ccc(OC)c(CNCCCCN(C)C(C)C)c1. The van der Waals surface area contributed by atoms with Gasteiger partial charge < -0.3 is 19.7 Å². The molecule has 0 amide bonds. The van der Waals surface area contributed by atoms with E-state index in [4.69, 9.17) is 9.47 Å². The molecule has 1 rings (SSSR count). The largest absolute Gasteiger partial charge is 0.497 e. The van der Waals surface area contributed by atoms with Crippen molar-refractivity contribution in [2.45, 2.75) is 39.3 Å². The molecule has 0 radical (unpaired) electrons. The minimum atomic E-state index is 0.624. The van der Waals surface area contributed by atoms with Crippen LogP contribution in [0.4, 0.5) is 0 Å². The van der Waals surface area contributed by atoms with Gasteiger partial charge in [0.25, 0.3) is 0 Å². The second kappa shape index (κ2) is 9.64. The smallest absolute Gasteiger partial charge is 0.123 e. The number of nitrogens with one attached hydrogen (secondary N) is 1. The van der Waals surface area contributed by atoms with E-state index < -0.39 is 0 Å². The topological polar surface area (TPSA) is 33.7 Å². The molecule has 4 nitrogen and oxygen atoms in total. The first-order valence-corrected chi connectivity index (χ1v) is 7.70. The van der Waals surface area contributed by atoms with Crippen LogP contribution in [0.15, 0.2) is 18.2 Å². The fourth-order valence-corrected chi connectivity index (χ4v) is 2.11. The summed E-state index contributed by atoms with van der Waals surface area (Å²) in [5, 5.41) is 3.48. The van der Waals surface area contributed by atoms with Crippen molar-refractivity contribution in [2.75, 3.05) is 34.4 Å². The van der Waals surface area contributed by atoms with Crippen LogP contribution in [-0.4, -0.2) is 45.3 Å². The van der Waals surface area contributed by atoms with Crippen LogP contribution in [-0.2, 0) is 6.54 Å². The average molecular weight is 294 g/mol. The molecule has 0 aliphatic rings. The Labute approximate surface area is 129 Å². The number of unbranched alkanes of at least 4 members (excludes halogenated alkanes) is 1. The maximum Gasteiger partial charge on any atom is 0.123 e. The first-order chi connectivity index (χ1) is 10.1. The highest BCUT2D eigenvalue weighted by molar-refractivity contribution is 5.40. The third-order valence-electron chi connectivity index (χ3n) is 3.80. The van der Waals surface area contributed by atoms with Gasteiger partial charge >= 0.3 is 0 Å². The molecule has 1 aromatic rings. The molecule has 0 fully saturated rings. The summed E-state index contributed by atoms with van der Waals surface area (Å²) in [5.74, 6) is 1.77. The third-order valence-corrected chi connectivity index (χ3v) is 3.80. The van der Waals surface area contributed by atoms with Crippen LogP contribution in [0.5, 0.6) is 11.5 Å². The lowest BCUT2D eigenvalue weighted by Gasteiger charge is -2.20. The lowest BCUT2D eigenvalue weighted by atomic mass is 10.2. The van der Waals surface area contributed by atoms with E-state index in [0.717, 1.165) is 36.7 Å². The monoisotopic (exact) mass is 294 g/mol. The molecule has 0 aliphatic carbocycles. The molecule has 4 heteroatoms. The zero-order valence-corrected chi connectivity index (χ0v) is 14.1. The highest BCUT2D eigenvalue weighted by Gasteiger charge is 2.05. The summed E-state index contributed by atoms with van der Waals surface area (Å²) in [7, 11) is 5.57. The van der Waals surface area contributed by atoms with E-state index in [0.29, 0.717) is 6.04 Å². The van der Waals surface area contributed by atoms with Crippen LogP contribution in [0.2, 0.25) is 0 Å². The predicted molar refractivity (Wildman–Crippen MR) is 88.3 cm³/mol. The maximum atomic E-state index is 5.38. The number of nitrogens with zero attached hydrogens (tertiary/aromatic N) is 1. The summed E-state index contributed by atoms with van der Waals surface area (Å²) in [6.45, 7) is 7.44. The number of rotatable bonds is 10. The van der Waals surface area contributed by atoms with Crippen LogP contribution < -0.4 is 14.8 Å². The molecule has 0 heterocycles. The number of methoxy groups -OCH3 is 2. The Bertz CT molecular complexity index is 408. The Hall–Kier alpha value is -1.26. The fraction of sp³-hybridized carbons (Fsp3) is 0.647. The van der Waals surface area contributed by atoms with Gasteiger partial charge in [-0.15, -0.1) is 0 Å². The van der Waals surface area contributed by atoms with E-state index >= 15 is 0 Å². The molecule has 1 N–H and O–H groups in total. The summed E-state index contributed by atoms with van der Waals surface area (Å²) in [6, 6.07) is 6.52. The van der Waals surface area contributed by atoms with Gasteiger partial charge in [-0.05, 0) is 65.0 Å². The molecule has 0 bridgehead atoms. The standard InChI is InChI=1S/C17H30N2O2/c1-14(2)19(3)11-7-6-10-18-13-15-12-16(20-4)8-9-17(15)21-5/h8-9,12,14,18H,6-7,10-11,13H2,1-5H3. The number of ether oxygens (including phenoxy) is 2. The van der Waals surface area contributed by atoms with Crippen molar-refractivity contribution in [3.05, 3.63) is 23.8 Å². The van der Waals surface area contributed by atoms with Gasteiger partial charge in [-0.1, -0.05) is 0 Å². The molecule has 0 aliphatic heterocycles. The molecular weight excluding hydrogens is 264 g/mol. The van der Waals surface area contributed by atoms with Gasteiger partial charge in [0.1, 0.15) is 11.5 Å². The Balaban J connectivity index is 2.29. The van der Waals surface area contributed by atoms with Crippen molar-refractivity contribution in [1.82, 2.24) is 10.2 Å². The number of benzene rings is 1. The quantitative estimate of drug-likeness (QED) is 0.673. The number of hydrogen-bond acceptors (Lipinski definition) is 4. The molecule has 0 unspecified atom stereocenters. The fourth-order valence-electron chi connectivity index (χ4n) is 2.11. The van der Waals surface area contributed by atoms with Crippen molar-refractivity contribution in [3.8, 4) is 11.5 Å². The average Bonchev–Trinajstić information content (AvgIpc) is 2.49. The first-order valence-electron chi connectivity index (χ1n) is 7.70. The maximum absolute atomic E-state index is 5.38. The van der Waals surface area contributed by atoms with Crippen LogP contribution in [0.1, 0.15) is 32.3 Å². The minimum Gasteiger partial charge on any atom is -0.497 e. The van der Waals surface area contributed by atoms with Crippen molar-refractivity contribution >= 4 is 0 Å². The highest BCUT2D eigenvalue weighted by Crippen LogP contribution is 2.23. The summed E-state index contributed by atoms with van der Waals surface area (Å²) in [5.41, 5.74) is 1.14. The lowest BCUT2D eigenvalue weighted by Crippen LogP contribution is -2.27. The molecule has 120 valence electrons. The third kappa shape index (κ3) is 6.36. The second-order valence-electron chi connectivity index (χ2n) is 5.64. The van der Waals surface area contributed by atoms with Crippen LogP contribution in [0.25, 0.3) is 0 Å². The molecule has 0 saturated heterocycles. The lowest BCUT2D eigenvalue weighted by molar-refractivity contribution is 0.268. The predicted octanol–water partition coefficient (Wildman–Crippen LogP) is 2.91. The Morgan fingerprint density at radius 3 is 2.52 bits per heavy atom. The highest BCUT2D eigenvalue weighted by atomic mass is 16.5. The van der Waals surface area contributed by atoms with Crippen LogP contribution in [0.3, 0.4) is 0 Å². The summed E-state index contributed by atoms with van der Waals surface area (Å²) in [4.78, 5) is 2.38. The van der Waals surface area contributed by atoms with Gasteiger partial charge in [0, 0.05) is 18.2 Å². The normalized spacial score (nSPS) is 11.2. The molecule has 0 aromatic heterocycles. The van der Waals surface area contributed by atoms with Crippen molar-refractivity contribution in [1.29, 1.82) is 0 Å². The molecule has 21 heavy (non-hydrogen) atoms. The Kier molecular flexibility index (Phi) is 8.16. The molecule has 0 atom stereocenters. The molecule has 0 spiro atoms. The summed E-state index contributed by atoms with van der Waals surface area (Å²) in [6.07, 6.45) is 2.40. The molecule has 0 saturated carbocycles. The van der Waals surface area contributed by atoms with Gasteiger partial charge in [0.2, 0.25) is 0 Å². The summed E-state index contributed by atoms with van der Waals surface area (Å²) < 4.78 is 10.6. The van der Waals surface area contributed by atoms with E-state index in [1.54, 1.807) is 14.2 Å². The van der Waals surface area contributed by atoms with E-state index in [2.05, 4.69) is 31.1 Å². The van der Waals surface area contributed by atoms with Gasteiger partial charge in [-0.3, -0.25) is 0 Å². The van der Waals surface area contributed by atoms with Crippen molar-refractivity contribution in [2.24, 2.45) is 0 Å². The molecular formula is C17H30N2O2. The van der Waals surface area contributed by atoms with E-state index in [1.807, 2.05) is 18.2 Å². The Morgan fingerprint density at radius 2 is 1.90 bits per heavy atom.